The number of hydrogen-bond acceptors (Lipinski definition) is 7. The van der Waals surface area contributed by atoms with Crippen molar-refractivity contribution in [3.8, 4) is 0 Å². The van der Waals surface area contributed by atoms with Crippen LogP contribution < -0.4 is 5.11 Å². The number of rotatable bonds is 3. The zero-order chi connectivity index (χ0) is 24.1. The topological polar surface area (TPSA) is 108 Å². The van der Waals surface area contributed by atoms with Gasteiger partial charge in [0.1, 0.15) is 11.7 Å². The third kappa shape index (κ3) is 3.20. The third-order valence-corrected chi connectivity index (χ3v) is 7.90. The van der Waals surface area contributed by atoms with Crippen molar-refractivity contribution in [3.05, 3.63) is 59.7 Å². The number of para-hydroxylation sites is 1. The summed E-state index contributed by atoms with van der Waals surface area (Å²) in [6.45, 7) is 4.36. The summed E-state index contributed by atoms with van der Waals surface area (Å²) in [4.78, 5) is 25.3. The van der Waals surface area contributed by atoms with E-state index in [2.05, 4.69) is 22.3 Å². The molecule has 0 amide bonds. The normalized spacial score (nSPS) is 27.4. The van der Waals surface area contributed by atoms with Crippen LogP contribution in [0.5, 0.6) is 0 Å². The van der Waals surface area contributed by atoms with Gasteiger partial charge in [0.15, 0.2) is 0 Å². The molecule has 1 N–H and O–H groups in total. The number of aromatic carboxylic acids is 1. The van der Waals surface area contributed by atoms with E-state index in [1.165, 1.54) is 36.5 Å². The number of hydrogen-bond donors (Lipinski definition) is 1. The maximum Gasteiger partial charge on any atom is 0.359 e. The van der Waals surface area contributed by atoms with Crippen LogP contribution in [-0.2, 0) is 21.7 Å². The fourth-order valence-corrected chi connectivity index (χ4v) is 6.49. The van der Waals surface area contributed by atoms with Crippen LogP contribution in [0.25, 0.3) is 10.9 Å². The largest absolute Gasteiger partial charge is 0.542 e. The minimum Gasteiger partial charge on any atom is -0.542 e. The molecule has 0 bridgehead atoms. The Morgan fingerprint density at radius 1 is 1.24 bits per heavy atom. The van der Waals surface area contributed by atoms with E-state index in [-0.39, 0.29) is 17.2 Å². The fraction of sp³-hybridized carbons (Fsp3) is 0.462. The molecule has 8 heteroatoms. The number of furan rings is 1. The molecule has 3 aliphatic heterocycles. The van der Waals surface area contributed by atoms with Gasteiger partial charge in [-0.15, -0.1) is 0 Å². The molecule has 34 heavy (non-hydrogen) atoms. The van der Waals surface area contributed by atoms with E-state index in [0.29, 0.717) is 6.42 Å². The molecular weight excluding hydrogens is 436 g/mol. The number of carbonyl (C=O) groups excluding carboxylic acids is 2. The van der Waals surface area contributed by atoms with Crippen LogP contribution in [0.4, 0.5) is 0 Å². The second kappa shape index (κ2) is 8.29. The SMILES string of the molecule is CC[C@]12CCCN3CCc4c(n(c5ccccc45)[C@@](O)(C(=O)OC)C1)[C@@H]32.O=C([O-])c1ccco1. The molecule has 6 rings (SSSR count). The summed E-state index contributed by atoms with van der Waals surface area (Å²) < 4.78 is 11.4. The number of aromatic nitrogens is 1. The van der Waals surface area contributed by atoms with Gasteiger partial charge in [-0.05, 0) is 61.4 Å². The van der Waals surface area contributed by atoms with Gasteiger partial charge in [0.25, 0.3) is 0 Å². The van der Waals surface area contributed by atoms with Gasteiger partial charge in [0.05, 0.1) is 24.9 Å². The average molecular weight is 466 g/mol. The molecule has 0 aliphatic carbocycles. The highest BCUT2D eigenvalue weighted by atomic mass is 16.5. The van der Waals surface area contributed by atoms with Crippen LogP contribution in [0, 0.1) is 5.41 Å². The van der Waals surface area contributed by atoms with Gasteiger partial charge in [0.2, 0.25) is 5.72 Å². The number of methoxy groups -OCH3 is 1. The van der Waals surface area contributed by atoms with E-state index in [0.717, 1.165) is 50.0 Å². The number of carbonyl (C=O) groups is 2. The predicted octanol–water partition coefficient (Wildman–Crippen LogP) is 2.60. The second-order valence-corrected chi connectivity index (χ2v) is 9.47. The highest BCUT2D eigenvalue weighted by molar-refractivity contribution is 5.90. The van der Waals surface area contributed by atoms with E-state index in [9.17, 15) is 19.8 Å². The summed E-state index contributed by atoms with van der Waals surface area (Å²) in [5.74, 6) is -1.96. The number of ether oxygens (including phenoxy) is 1. The van der Waals surface area contributed by atoms with E-state index in [1.807, 2.05) is 22.8 Å². The quantitative estimate of drug-likeness (QED) is 0.593. The van der Waals surface area contributed by atoms with Crippen LogP contribution in [0.1, 0.15) is 60.5 Å². The van der Waals surface area contributed by atoms with Crippen molar-refractivity contribution < 1.29 is 29.0 Å². The Morgan fingerprint density at radius 3 is 2.68 bits per heavy atom. The van der Waals surface area contributed by atoms with Crippen LogP contribution in [0.15, 0.2) is 47.1 Å². The smallest absolute Gasteiger partial charge is 0.359 e. The Labute approximate surface area is 197 Å². The summed E-state index contributed by atoms with van der Waals surface area (Å²) in [5, 5.41) is 22.7. The molecule has 0 saturated carbocycles. The maximum atomic E-state index is 12.8. The molecular formula is C26H29N2O6-. The highest BCUT2D eigenvalue weighted by Gasteiger charge is 2.60. The standard InChI is InChI=1S/C21H26N2O3.C5H4O3/c1-3-20-10-6-11-22-12-9-15-14-7-4-5-8-16(14)23(17(15)18(20)22)21(25,13-20)19(24)26-2;6-5(7)4-2-1-3-8-4/h4-5,7-8,18,25H,3,6,9-13H2,1-2H3;1-3H,(H,6,7)/p-1/t18-,20+,21+;/m1./s1. The first-order valence-electron chi connectivity index (χ1n) is 11.8. The summed E-state index contributed by atoms with van der Waals surface area (Å²) in [6, 6.07) is 11.3. The number of piperidine rings is 1. The Kier molecular flexibility index (Phi) is 5.53. The monoisotopic (exact) mass is 465 g/mol. The average Bonchev–Trinajstić information content (AvgIpc) is 3.51. The van der Waals surface area contributed by atoms with Gasteiger partial charge in [-0.25, -0.2) is 4.79 Å². The van der Waals surface area contributed by atoms with Crippen LogP contribution in [0.2, 0.25) is 0 Å². The Hall–Kier alpha value is -3.10. The maximum absolute atomic E-state index is 12.8. The van der Waals surface area contributed by atoms with Gasteiger partial charge >= 0.3 is 5.97 Å². The minimum absolute atomic E-state index is 0.0826. The van der Waals surface area contributed by atoms with Crippen molar-refractivity contribution in [1.82, 2.24) is 9.47 Å². The highest BCUT2D eigenvalue weighted by Crippen LogP contribution is 2.60. The number of aliphatic hydroxyl groups is 1. The number of esters is 1. The number of carboxylic acids is 1. The van der Waals surface area contributed by atoms with Crippen LogP contribution in [-0.4, -0.2) is 46.7 Å². The Balaban J connectivity index is 0.000000257. The molecule has 2 aromatic heterocycles. The first-order valence-corrected chi connectivity index (χ1v) is 11.8. The lowest BCUT2D eigenvalue weighted by atomic mass is 9.62. The number of nitrogens with zero attached hydrogens (tertiary/aromatic N) is 2. The van der Waals surface area contributed by atoms with Gasteiger partial charge in [-0.1, -0.05) is 25.1 Å². The van der Waals surface area contributed by atoms with Gasteiger partial charge in [-0.3, -0.25) is 4.90 Å². The Morgan fingerprint density at radius 2 is 2.03 bits per heavy atom. The summed E-state index contributed by atoms with van der Waals surface area (Å²) in [7, 11) is 1.37. The van der Waals surface area contributed by atoms with Crippen LogP contribution in [0.3, 0.4) is 0 Å². The molecule has 3 aliphatic rings. The summed E-state index contributed by atoms with van der Waals surface area (Å²) in [6.07, 6.45) is 5.80. The molecule has 5 heterocycles. The van der Waals surface area contributed by atoms with Crippen molar-refractivity contribution in [2.75, 3.05) is 20.2 Å². The van der Waals surface area contributed by atoms with Crippen LogP contribution >= 0.6 is 0 Å². The molecule has 1 saturated heterocycles. The fourth-order valence-electron chi connectivity index (χ4n) is 6.49. The van der Waals surface area contributed by atoms with Gasteiger partial charge in [-0.2, -0.15) is 0 Å². The first-order chi connectivity index (χ1) is 16.4. The van der Waals surface area contributed by atoms with E-state index in [1.54, 1.807) is 0 Å². The second-order valence-electron chi connectivity index (χ2n) is 9.47. The van der Waals surface area contributed by atoms with Crippen molar-refractivity contribution in [2.45, 2.75) is 50.8 Å². The van der Waals surface area contributed by atoms with E-state index in [4.69, 9.17) is 4.74 Å². The molecule has 1 fully saturated rings. The third-order valence-electron chi connectivity index (χ3n) is 7.90. The summed E-state index contributed by atoms with van der Waals surface area (Å²) in [5.41, 5.74) is 1.69. The molecule has 0 radical (unpaired) electrons. The molecule has 180 valence electrons. The van der Waals surface area contributed by atoms with Gasteiger partial charge < -0.3 is 28.7 Å². The van der Waals surface area contributed by atoms with E-state index >= 15 is 0 Å². The molecule has 3 atom stereocenters. The van der Waals surface area contributed by atoms with Crippen molar-refractivity contribution in [2.24, 2.45) is 5.41 Å². The van der Waals surface area contributed by atoms with Gasteiger partial charge in [0, 0.05) is 24.0 Å². The lowest BCUT2D eigenvalue weighted by molar-refractivity contribution is -0.257. The molecule has 0 spiro atoms. The van der Waals surface area contributed by atoms with Crippen molar-refractivity contribution in [3.63, 3.8) is 0 Å². The zero-order valence-corrected chi connectivity index (χ0v) is 19.5. The number of fused-ring (bicyclic) bond motifs is 3. The minimum atomic E-state index is -1.63. The number of carboxylic acid groups (broad SMARTS) is 1. The predicted molar refractivity (Wildman–Crippen MR) is 122 cm³/mol. The molecule has 8 nitrogen and oxygen atoms in total. The van der Waals surface area contributed by atoms with Crippen molar-refractivity contribution in [1.29, 1.82) is 0 Å². The Bertz CT molecular complexity index is 1230. The van der Waals surface area contributed by atoms with Crippen molar-refractivity contribution >= 4 is 22.8 Å². The molecule has 1 aromatic carbocycles. The lowest BCUT2D eigenvalue weighted by Crippen LogP contribution is -2.60. The molecule has 3 aromatic rings. The zero-order valence-electron chi connectivity index (χ0n) is 19.5. The number of benzene rings is 1. The van der Waals surface area contributed by atoms with E-state index < -0.39 is 17.7 Å². The first kappa shape index (κ1) is 22.7. The molecule has 0 unspecified atom stereocenters. The lowest BCUT2D eigenvalue weighted by Gasteiger charge is -2.57. The summed E-state index contributed by atoms with van der Waals surface area (Å²) >= 11 is 0.